The van der Waals surface area contributed by atoms with Crippen molar-refractivity contribution in [2.75, 3.05) is 26.3 Å². The van der Waals surface area contributed by atoms with Crippen LogP contribution in [0.1, 0.15) is 12.5 Å². The van der Waals surface area contributed by atoms with Crippen molar-refractivity contribution in [3.63, 3.8) is 0 Å². The summed E-state index contributed by atoms with van der Waals surface area (Å²) in [4.78, 5) is 21.9. The van der Waals surface area contributed by atoms with Gasteiger partial charge in [-0.25, -0.2) is 9.59 Å². The van der Waals surface area contributed by atoms with Crippen LogP contribution in [0.3, 0.4) is 0 Å². The second kappa shape index (κ2) is 8.13. The van der Waals surface area contributed by atoms with E-state index in [0.29, 0.717) is 19.8 Å². The fourth-order valence-corrected chi connectivity index (χ4v) is 3.42. The number of fused-ring (bicyclic) bond motifs is 1. The van der Waals surface area contributed by atoms with Gasteiger partial charge in [-0.15, -0.1) is 11.3 Å². The van der Waals surface area contributed by atoms with E-state index in [1.54, 1.807) is 11.3 Å². The summed E-state index contributed by atoms with van der Waals surface area (Å²) >= 11 is 1.73. The summed E-state index contributed by atoms with van der Waals surface area (Å²) in [6, 6.07) is 8.56. The smallest absolute Gasteiger partial charge is 0.388 e. The Kier molecular flexibility index (Phi) is 5.87. The van der Waals surface area contributed by atoms with Crippen LogP contribution in [-0.2, 0) is 30.2 Å². The SMILES string of the molecule is CC(CNCC1(O)OC(=O)C(=O)O1)COCCc1ccc2sccc2c1. The van der Waals surface area contributed by atoms with E-state index < -0.39 is 17.9 Å². The highest BCUT2D eigenvalue weighted by Gasteiger charge is 2.47. The number of hydrogen-bond acceptors (Lipinski definition) is 8. The largest absolute Gasteiger partial charge is 0.422 e. The molecule has 2 aromatic rings. The van der Waals surface area contributed by atoms with Crippen molar-refractivity contribution in [3.8, 4) is 0 Å². The van der Waals surface area contributed by atoms with Gasteiger partial charge in [0.15, 0.2) is 0 Å². The number of carbonyl (C=O) groups is 2. The molecule has 7 nitrogen and oxygen atoms in total. The number of hydrogen-bond donors (Lipinski definition) is 2. The van der Waals surface area contributed by atoms with E-state index in [0.717, 1.165) is 6.42 Å². The summed E-state index contributed by atoms with van der Waals surface area (Å²) in [5.41, 5.74) is 1.24. The Hall–Kier alpha value is -2.00. The first-order valence-electron chi connectivity index (χ1n) is 8.38. The number of nitrogens with one attached hydrogen (secondary N) is 1. The maximum Gasteiger partial charge on any atom is 0.422 e. The Balaban J connectivity index is 1.31. The Labute approximate surface area is 154 Å². The fourth-order valence-electron chi connectivity index (χ4n) is 2.65. The number of rotatable bonds is 9. The Morgan fingerprint density at radius 3 is 2.81 bits per heavy atom. The second-order valence-corrected chi connectivity index (χ2v) is 7.29. The van der Waals surface area contributed by atoms with Crippen LogP contribution in [0.5, 0.6) is 0 Å². The Morgan fingerprint density at radius 2 is 2.04 bits per heavy atom. The minimum Gasteiger partial charge on any atom is -0.388 e. The molecule has 1 fully saturated rings. The number of aliphatic hydroxyl groups is 1. The zero-order valence-electron chi connectivity index (χ0n) is 14.4. The number of esters is 2. The summed E-state index contributed by atoms with van der Waals surface area (Å²) in [5.74, 6) is -4.42. The molecule has 0 aliphatic carbocycles. The van der Waals surface area contributed by atoms with Gasteiger partial charge in [-0.3, -0.25) is 0 Å². The molecule has 1 saturated heterocycles. The highest BCUT2D eigenvalue weighted by atomic mass is 32.1. The highest BCUT2D eigenvalue weighted by molar-refractivity contribution is 7.17. The van der Waals surface area contributed by atoms with Crippen molar-refractivity contribution >= 4 is 33.4 Å². The molecule has 1 aromatic heterocycles. The van der Waals surface area contributed by atoms with Crippen molar-refractivity contribution in [3.05, 3.63) is 35.2 Å². The normalized spacial score (nSPS) is 17.3. The average Bonchev–Trinajstić information content (AvgIpc) is 3.15. The van der Waals surface area contributed by atoms with Crippen molar-refractivity contribution < 1.29 is 28.9 Å². The molecular weight excluding hydrogens is 358 g/mol. The van der Waals surface area contributed by atoms with Crippen LogP contribution in [0.4, 0.5) is 0 Å². The molecule has 0 spiro atoms. The lowest BCUT2D eigenvalue weighted by molar-refractivity contribution is -0.287. The molecule has 26 heavy (non-hydrogen) atoms. The molecule has 2 N–H and O–H groups in total. The zero-order chi connectivity index (χ0) is 18.6. The minimum absolute atomic E-state index is 0.172. The molecule has 140 valence electrons. The predicted molar refractivity (Wildman–Crippen MR) is 95.5 cm³/mol. The lowest BCUT2D eigenvalue weighted by Crippen LogP contribution is -2.43. The summed E-state index contributed by atoms with van der Waals surface area (Å²) in [6.07, 6.45) is 0.845. The Morgan fingerprint density at radius 1 is 1.27 bits per heavy atom. The molecule has 3 rings (SSSR count). The van der Waals surface area contributed by atoms with Crippen molar-refractivity contribution in [2.24, 2.45) is 5.92 Å². The summed E-state index contributed by atoms with van der Waals surface area (Å²) in [6.45, 7) is 3.49. The maximum absolute atomic E-state index is 10.9. The molecule has 0 bridgehead atoms. The molecule has 2 heterocycles. The van der Waals surface area contributed by atoms with E-state index in [9.17, 15) is 14.7 Å². The van der Waals surface area contributed by atoms with Crippen molar-refractivity contribution in [1.29, 1.82) is 0 Å². The van der Waals surface area contributed by atoms with Crippen molar-refractivity contribution in [1.82, 2.24) is 5.32 Å². The van der Waals surface area contributed by atoms with Gasteiger partial charge in [0, 0.05) is 11.2 Å². The molecule has 0 saturated carbocycles. The lowest BCUT2D eigenvalue weighted by atomic mass is 10.1. The van der Waals surface area contributed by atoms with Crippen LogP contribution in [0.25, 0.3) is 10.1 Å². The van der Waals surface area contributed by atoms with Crippen molar-refractivity contribution in [2.45, 2.75) is 19.3 Å². The van der Waals surface area contributed by atoms with Gasteiger partial charge < -0.3 is 24.6 Å². The standard InChI is InChI=1S/C18H21NO6S/c1-12(9-19-11-18(22)24-16(20)17(21)25-18)10-23-6-4-13-2-3-15-14(8-13)5-7-26-15/h2-3,5,7-8,12,19,22H,4,6,9-11H2,1H3. The third kappa shape index (κ3) is 4.79. The fraction of sp³-hybridized carbons (Fsp3) is 0.444. The summed E-state index contributed by atoms with van der Waals surface area (Å²) in [5, 5.41) is 16.0. The molecule has 8 heteroatoms. The second-order valence-electron chi connectivity index (χ2n) is 6.35. The lowest BCUT2D eigenvalue weighted by Gasteiger charge is -2.20. The van der Waals surface area contributed by atoms with Crippen LogP contribution >= 0.6 is 11.3 Å². The van der Waals surface area contributed by atoms with E-state index in [4.69, 9.17) is 4.74 Å². The Bertz CT molecular complexity index is 773. The third-order valence-corrected chi connectivity index (χ3v) is 4.86. The van der Waals surface area contributed by atoms with Crippen LogP contribution in [0, 0.1) is 5.92 Å². The maximum atomic E-state index is 10.9. The van der Waals surface area contributed by atoms with Crippen LogP contribution < -0.4 is 5.32 Å². The number of carbonyl (C=O) groups excluding carboxylic acids is 2. The van der Waals surface area contributed by atoms with E-state index in [1.165, 1.54) is 15.6 Å². The number of cyclic esters (lactones) is 2. The van der Waals surface area contributed by atoms with Gasteiger partial charge in [-0.05, 0) is 40.8 Å². The average molecular weight is 379 g/mol. The first-order chi connectivity index (χ1) is 12.5. The number of benzene rings is 1. The predicted octanol–water partition coefficient (Wildman–Crippen LogP) is 1.43. The molecule has 1 aliphatic rings. The van der Waals surface area contributed by atoms with Gasteiger partial charge in [-0.1, -0.05) is 19.1 Å². The van der Waals surface area contributed by atoms with E-state index in [1.807, 2.05) is 6.92 Å². The summed E-state index contributed by atoms with van der Waals surface area (Å²) < 4.78 is 15.9. The monoisotopic (exact) mass is 379 g/mol. The first-order valence-corrected chi connectivity index (χ1v) is 9.26. The summed E-state index contributed by atoms with van der Waals surface area (Å²) in [7, 11) is 0. The van der Waals surface area contributed by atoms with Gasteiger partial charge in [-0.2, -0.15) is 0 Å². The topological polar surface area (TPSA) is 94.1 Å². The molecule has 1 aromatic carbocycles. The van der Waals surface area contributed by atoms with Crippen LogP contribution in [0.15, 0.2) is 29.6 Å². The molecule has 0 amide bonds. The number of thiophene rings is 1. The molecular formula is C18H21NO6S. The third-order valence-electron chi connectivity index (χ3n) is 3.97. The van der Waals surface area contributed by atoms with Gasteiger partial charge >= 0.3 is 17.9 Å². The van der Waals surface area contributed by atoms with E-state index >= 15 is 0 Å². The van der Waals surface area contributed by atoms with Gasteiger partial charge in [0.1, 0.15) is 6.54 Å². The molecule has 1 unspecified atom stereocenters. The quantitative estimate of drug-likeness (QED) is 0.387. The number of ether oxygens (including phenoxy) is 3. The van der Waals surface area contributed by atoms with Gasteiger partial charge in [0.05, 0.1) is 13.2 Å². The zero-order valence-corrected chi connectivity index (χ0v) is 15.2. The van der Waals surface area contributed by atoms with Gasteiger partial charge in [0.2, 0.25) is 0 Å². The van der Waals surface area contributed by atoms with Gasteiger partial charge in [0.25, 0.3) is 0 Å². The van der Waals surface area contributed by atoms with E-state index in [2.05, 4.69) is 44.4 Å². The molecule has 1 aliphatic heterocycles. The van der Waals surface area contributed by atoms with Crippen LogP contribution in [0.2, 0.25) is 0 Å². The minimum atomic E-state index is -2.21. The first kappa shape index (κ1) is 18.8. The molecule has 0 radical (unpaired) electrons. The molecule has 1 atom stereocenters. The van der Waals surface area contributed by atoms with Crippen LogP contribution in [-0.4, -0.2) is 49.3 Å². The highest BCUT2D eigenvalue weighted by Crippen LogP contribution is 2.22. The van der Waals surface area contributed by atoms with E-state index in [-0.39, 0.29) is 12.5 Å².